The molecule has 6 atom stereocenters. The van der Waals surface area contributed by atoms with E-state index in [2.05, 4.69) is 16.0 Å². The van der Waals surface area contributed by atoms with Gasteiger partial charge in [0.05, 0.1) is 24.9 Å². The third-order valence-corrected chi connectivity index (χ3v) is 9.16. The van der Waals surface area contributed by atoms with Crippen molar-refractivity contribution in [2.45, 2.75) is 62.4 Å². The van der Waals surface area contributed by atoms with E-state index in [-0.39, 0.29) is 12.5 Å². The van der Waals surface area contributed by atoms with Gasteiger partial charge in [-0.3, -0.25) is 14.4 Å². The lowest BCUT2D eigenvalue weighted by atomic mass is 9.88. The molecule has 3 amide bonds. The van der Waals surface area contributed by atoms with E-state index in [0.717, 1.165) is 11.1 Å². The number of thioether (sulfide) groups is 1. The van der Waals surface area contributed by atoms with Crippen molar-refractivity contribution in [3.8, 4) is 11.1 Å². The van der Waals surface area contributed by atoms with Gasteiger partial charge in [-0.05, 0) is 41.9 Å². The van der Waals surface area contributed by atoms with Gasteiger partial charge in [-0.15, -0.1) is 0 Å². The van der Waals surface area contributed by atoms with Gasteiger partial charge in [-0.1, -0.05) is 60.7 Å². The van der Waals surface area contributed by atoms with Gasteiger partial charge in [0.1, 0.15) is 12.2 Å². The second-order valence-corrected chi connectivity index (χ2v) is 13.0. The fourth-order valence-electron chi connectivity index (χ4n) is 5.50. The molecule has 2 aliphatic rings. The summed E-state index contributed by atoms with van der Waals surface area (Å²) in [6.07, 6.45) is -0.705. The van der Waals surface area contributed by atoms with E-state index in [1.165, 1.54) is 18.7 Å². The number of allylic oxidation sites excluding steroid dienone is 3. The highest BCUT2D eigenvalue weighted by molar-refractivity contribution is 7.99. The largest absolute Gasteiger partial charge is 0.477 e. The zero-order chi connectivity index (χ0) is 35.4. The number of amides is 3. The number of nitrogens with one attached hydrogen (secondary N) is 3. The van der Waals surface area contributed by atoms with Crippen LogP contribution in [0.5, 0.6) is 0 Å². The Kier molecular flexibility index (Phi) is 13.9. The number of hydrogen-bond acceptors (Lipinski definition) is 10. The first-order valence-electron chi connectivity index (χ1n) is 16.0. The van der Waals surface area contributed by atoms with Gasteiger partial charge in [-0.25, -0.2) is 4.79 Å². The van der Waals surface area contributed by atoms with Crippen molar-refractivity contribution >= 4 is 35.5 Å². The number of benzene rings is 2. The molecule has 0 unspecified atom stereocenters. The summed E-state index contributed by atoms with van der Waals surface area (Å²) in [4.78, 5) is 49.2. The number of aliphatic carboxylic acids is 1. The number of ether oxygens (including phenoxy) is 2. The molecule has 1 saturated heterocycles. The van der Waals surface area contributed by atoms with Crippen LogP contribution < -0.4 is 16.0 Å². The molecule has 0 spiro atoms. The van der Waals surface area contributed by atoms with Crippen molar-refractivity contribution < 1.29 is 49.1 Å². The van der Waals surface area contributed by atoms with E-state index < -0.39 is 67.0 Å². The van der Waals surface area contributed by atoms with Gasteiger partial charge in [-0.2, -0.15) is 11.8 Å². The average Bonchev–Trinajstić information content (AvgIpc) is 3.64. The van der Waals surface area contributed by atoms with Crippen LogP contribution in [0.1, 0.15) is 36.5 Å². The minimum atomic E-state index is -2.38. The molecule has 14 heteroatoms. The first-order valence-corrected chi connectivity index (χ1v) is 17.2. The molecule has 1 fully saturated rings. The van der Waals surface area contributed by atoms with E-state index >= 15 is 0 Å². The number of rotatable bonds is 17. The Bertz CT molecular complexity index is 1500. The molecule has 1 aliphatic carbocycles. The number of carbonyl (C=O) groups excluding carboxylic acids is 3. The summed E-state index contributed by atoms with van der Waals surface area (Å²) in [6.45, 7) is 1.11. The van der Waals surface area contributed by atoms with Gasteiger partial charge in [0.2, 0.25) is 11.8 Å². The summed E-state index contributed by atoms with van der Waals surface area (Å²) >= 11 is 1.53. The normalized spacial score (nSPS) is 22.9. The van der Waals surface area contributed by atoms with Crippen LogP contribution >= 0.6 is 11.8 Å². The zero-order valence-electron chi connectivity index (χ0n) is 27.1. The Labute approximate surface area is 288 Å². The van der Waals surface area contributed by atoms with E-state index in [0.29, 0.717) is 42.0 Å². The minimum absolute atomic E-state index is 0.0772. The number of aliphatic hydroxyl groups is 3. The van der Waals surface area contributed by atoms with Crippen LogP contribution in [0.15, 0.2) is 78.4 Å². The Morgan fingerprint density at radius 2 is 1.71 bits per heavy atom. The first-order chi connectivity index (χ1) is 23.5. The molecular formula is C35H43N3O10S. The minimum Gasteiger partial charge on any atom is -0.477 e. The van der Waals surface area contributed by atoms with Crippen LogP contribution in [0, 0.1) is 0 Å². The fraction of sp³-hybridized carbons (Fsp3) is 0.429. The van der Waals surface area contributed by atoms with E-state index in [1.807, 2.05) is 42.5 Å². The number of aliphatic hydroxyl groups excluding tert-OH is 3. The van der Waals surface area contributed by atoms with Crippen LogP contribution in [0.25, 0.3) is 11.1 Å². The lowest BCUT2D eigenvalue weighted by Crippen LogP contribution is -2.68. The number of carboxylic acids is 1. The quantitative estimate of drug-likeness (QED) is 0.118. The molecular weight excluding hydrogens is 654 g/mol. The van der Waals surface area contributed by atoms with E-state index in [4.69, 9.17) is 9.47 Å². The van der Waals surface area contributed by atoms with Crippen molar-refractivity contribution in [3.05, 3.63) is 84.0 Å². The Balaban J connectivity index is 1.31. The van der Waals surface area contributed by atoms with Gasteiger partial charge < -0.3 is 45.9 Å². The molecule has 0 saturated carbocycles. The topological polar surface area (TPSA) is 204 Å². The lowest BCUT2D eigenvalue weighted by Gasteiger charge is -2.46. The number of hydrogen-bond donors (Lipinski definition) is 7. The zero-order valence-corrected chi connectivity index (χ0v) is 27.9. The van der Waals surface area contributed by atoms with Crippen molar-refractivity contribution in [1.29, 1.82) is 0 Å². The molecule has 264 valence electrons. The van der Waals surface area contributed by atoms with Gasteiger partial charge in [0, 0.05) is 43.3 Å². The van der Waals surface area contributed by atoms with E-state index in [1.54, 1.807) is 30.3 Å². The predicted molar refractivity (Wildman–Crippen MR) is 182 cm³/mol. The molecule has 4 rings (SSSR count). The summed E-state index contributed by atoms with van der Waals surface area (Å²) < 4.78 is 11.5. The highest BCUT2D eigenvalue weighted by atomic mass is 32.2. The molecule has 49 heavy (non-hydrogen) atoms. The van der Waals surface area contributed by atoms with Gasteiger partial charge in [0.15, 0.2) is 0 Å². The summed E-state index contributed by atoms with van der Waals surface area (Å²) in [7, 11) is 0. The Morgan fingerprint density at radius 3 is 2.37 bits per heavy atom. The molecule has 13 nitrogen and oxygen atoms in total. The van der Waals surface area contributed by atoms with Crippen molar-refractivity contribution in [1.82, 2.24) is 16.0 Å². The first kappa shape index (κ1) is 37.8. The number of carboxylic acid groups (broad SMARTS) is 1. The maximum atomic E-state index is 12.8. The molecule has 0 radical (unpaired) electrons. The Hall–Kier alpha value is -4.05. The molecule has 0 bridgehead atoms. The average molecular weight is 698 g/mol. The molecule has 2 aromatic carbocycles. The predicted octanol–water partition coefficient (Wildman–Crippen LogP) is 1.38. The van der Waals surface area contributed by atoms with Crippen molar-refractivity contribution in [2.24, 2.45) is 0 Å². The van der Waals surface area contributed by atoms with Crippen LogP contribution in [-0.4, -0.2) is 112 Å². The summed E-state index contributed by atoms with van der Waals surface area (Å²) in [5.41, 5.74) is 2.90. The summed E-state index contributed by atoms with van der Waals surface area (Å²) in [5.74, 6) is -3.96. The second-order valence-electron chi connectivity index (χ2n) is 11.7. The highest BCUT2D eigenvalue weighted by Crippen LogP contribution is 2.34. The molecule has 0 aromatic heterocycles. The molecule has 7 N–H and O–H groups in total. The maximum absolute atomic E-state index is 12.8. The smallest absolute Gasteiger partial charge is 0.364 e. The van der Waals surface area contributed by atoms with Crippen molar-refractivity contribution in [3.63, 3.8) is 0 Å². The maximum Gasteiger partial charge on any atom is 0.364 e. The van der Waals surface area contributed by atoms with Crippen LogP contribution in [-0.2, 0) is 23.9 Å². The van der Waals surface area contributed by atoms with Gasteiger partial charge in [0.25, 0.3) is 11.7 Å². The van der Waals surface area contributed by atoms with Crippen molar-refractivity contribution in [2.75, 3.05) is 31.2 Å². The van der Waals surface area contributed by atoms with Crippen LogP contribution in [0.2, 0.25) is 0 Å². The third kappa shape index (κ3) is 10.5. The van der Waals surface area contributed by atoms with E-state index in [9.17, 15) is 39.6 Å². The standard InChI is InChI=1S/C35H43N3O10S/c1-22(39)38-29-27(40)20-35(34(45)46,47-17-7-18-49-19-16-36-32(43)25-10-5-6-11-25)48-31(29)30(42)28(41)21-37-33(44)26-14-12-24(13-15-26)23-8-3-2-4-9-23/h2-6,8-10,12-15,27-31,40-42H,7,11,16-21H2,1H3,(H,36,43)(H,37,44)(H,38,39)(H,45,46)/t27-,28+,29+,30+,31+,35+/m0/s1. The highest BCUT2D eigenvalue weighted by Gasteiger charge is 2.55. The second kappa shape index (κ2) is 18.1. The fourth-order valence-corrected chi connectivity index (χ4v) is 6.27. The van der Waals surface area contributed by atoms with Gasteiger partial charge >= 0.3 is 5.97 Å². The summed E-state index contributed by atoms with van der Waals surface area (Å²) in [5, 5.41) is 50.9. The molecule has 1 aliphatic heterocycles. The summed E-state index contributed by atoms with van der Waals surface area (Å²) in [6, 6.07) is 15.1. The van der Waals surface area contributed by atoms with Crippen LogP contribution in [0.3, 0.4) is 0 Å². The number of carbonyl (C=O) groups is 4. The lowest BCUT2D eigenvalue weighted by molar-refractivity contribution is -0.310. The Morgan fingerprint density at radius 1 is 1.00 bits per heavy atom. The van der Waals surface area contributed by atoms with Crippen LogP contribution in [0.4, 0.5) is 0 Å². The monoisotopic (exact) mass is 697 g/mol. The molecule has 2 aromatic rings. The molecule has 1 heterocycles. The SMILES string of the molecule is CC(=O)N[C@H]1[C@H]([C@H](O)[C@H](O)CNC(=O)c2ccc(-c3ccccc3)cc2)O[C@@](OCCCSCCNC(=O)C2=CC=CC2)(C(=O)O)C[C@@H]1O. The third-order valence-electron chi connectivity index (χ3n) is 8.09.